The fourth-order valence-corrected chi connectivity index (χ4v) is 4.08. The van der Waals surface area contributed by atoms with Crippen molar-refractivity contribution in [3.63, 3.8) is 0 Å². The van der Waals surface area contributed by atoms with Gasteiger partial charge in [-0.1, -0.05) is 36.4 Å². The zero-order valence-corrected chi connectivity index (χ0v) is 17.5. The summed E-state index contributed by atoms with van der Waals surface area (Å²) < 4.78 is 12.8. The molecule has 0 bridgehead atoms. The highest BCUT2D eigenvalue weighted by atomic mass is 32.1. The van der Waals surface area contributed by atoms with Crippen molar-refractivity contribution in [3.05, 3.63) is 77.8 Å². The van der Waals surface area contributed by atoms with E-state index in [0.29, 0.717) is 29.3 Å². The predicted octanol–water partition coefficient (Wildman–Crippen LogP) is 5.06. The Hall–Kier alpha value is -3.58. The Morgan fingerprint density at radius 1 is 1.23 bits per heavy atom. The number of nitrogens with zero attached hydrogens (tertiary/aromatic N) is 2. The summed E-state index contributed by atoms with van der Waals surface area (Å²) in [7, 11) is 3.13. The van der Waals surface area contributed by atoms with Crippen LogP contribution in [0.4, 0.5) is 5.82 Å². The van der Waals surface area contributed by atoms with E-state index in [-0.39, 0.29) is 5.91 Å². The van der Waals surface area contributed by atoms with E-state index in [4.69, 9.17) is 14.5 Å². The SMILES string of the molecule is C=CCc1cc(C(=O)Nc2c(-c3ccccc3)nc3sccn23)cc(OC)c1OC. The Bertz CT molecular complexity index is 1210. The van der Waals surface area contributed by atoms with E-state index in [2.05, 4.69) is 11.9 Å². The second kappa shape index (κ2) is 8.42. The van der Waals surface area contributed by atoms with Crippen molar-refractivity contribution < 1.29 is 14.3 Å². The molecule has 0 aliphatic carbocycles. The van der Waals surface area contributed by atoms with E-state index in [1.807, 2.05) is 46.3 Å². The van der Waals surface area contributed by atoms with E-state index >= 15 is 0 Å². The first kappa shape index (κ1) is 19.7. The van der Waals surface area contributed by atoms with Crippen LogP contribution in [-0.4, -0.2) is 29.5 Å². The number of anilines is 1. The summed E-state index contributed by atoms with van der Waals surface area (Å²) in [5, 5.41) is 4.97. The zero-order valence-electron chi connectivity index (χ0n) is 16.7. The first-order valence-corrected chi connectivity index (χ1v) is 10.2. The number of allylic oxidation sites excluding steroid dienone is 1. The summed E-state index contributed by atoms with van der Waals surface area (Å²) in [6.07, 6.45) is 4.21. The van der Waals surface area contributed by atoms with Gasteiger partial charge >= 0.3 is 0 Å². The van der Waals surface area contributed by atoms with Gasteiger partial charge < -0.3 is 14.8 Å². The van der Waals surface area contributed by atoms with Crippen LogP contribution in [0.25, 0.3) is 16.2 Å². The lowest BCUT2D eigenvalue weighted by Gasteiger charge is -2.14. The number of fused-ring (bicyclic) bond motifs is 1. The summed E-state index contributed by atoms with van der Waals surface area (Å²) in [6, 6.07) is 13.3. The third kappa shape index (κ3) is 3.55. The summed E-state index contributed by atoms with van der Waals surface area (Å²) in [5.74, 6) is 1.47. The number of thiazole rings is 1. The third-order valence-corrected chi connectivity index (χ3v) is 5.48. The van der Waals surface area contributed by atoms with Crippen molar-refractivity contribution in [2.75, 3.05) is 19.5 Å². The minimum Gasteiger partial charge on any atom is -0.493 e. The molecule has 7 heteroatoms. The van der Waals surface area contributed by atoms with Gasteiger partial charge in [-0.3, -0.25) is 9.20 Å². The number of carbonyl (C=O) groups excluding carboxylic acids is 1. The Morgan fingerprint density at radius 2 is 2.03 bits per heavy atom. The van der Waals surface area contributed by atoms with Gasteiger partial charge in [0.05, 0.1) is 14.2 Å². The number of imidazole rings is 1. The number of amides is 1. The van der Waals surface area contributed by atoms with Crippen LogP contribution < -0.4 is 14.8 Å². The quantitative estimate of drug-likeness (QED) is 0.425. The summed E-state index contributed by atoms with van der Waals surface area (Å²) >= 11 is 1.51. The van der Waals surface area contributed by atoms with Crippen molar-refractivity contribution >= 4 is 28.0 Å². The van der Waals surface area contributed by atoms with E-state index in [1.54, 1.807) is 32.4 Å². The van der Waals surface area contributed by atoms with Crippen molar-refractivity contribution in [1.29, 1.82) is 0 Å². The number of nitrogens with one attached hydrogen (secondary N) is 1. The van der Waals surface area contributed by atoms with Crippen LogP contribution in [0, 0.1) is 0 Å². The highest BCUT2D eigenvalue weighted by Gasteiger charge is 2.20. The van der Waals surface area contributed by atoms with Crippen LogP contribution in [0.1, 0.15) is 15.9 Å². The minimum absolute atomic E-state index is 0.258. The first-order chi connectivity index (χ1) is 14.7. The molecule has 1 N–H and O–H groups in total. The van der Waals surface area contributed by atoms with Crippen LogP contribution in [-0.2, 0) is 6.42 Å². The van der Waals surface area contributed by atoms with E-state index in [9.17, 15) is 4.79 Å². The van der Waals surface area contributed by atoms with Crippen LogP contribution >= 0.6 is 11.3 Å². The third-order valence-electron chi connectivity index (χ3n) is 4.72. The second-order valence-corrected chi connectivity index (χ2v) is 7.42. The first-order valence-electron chi connectivity index (χ1n) is 9.34. The normalized spacial score (nSPS) is 10.7. The number of methoxy groups -OCH3 is 2. The van der Waals surface area contributed by atoms with E-state index < -0.39 is 0 Å². The lowest BCUT2D eigenvalue weighted by molar-refractivity contribution is 0.102. The van der Waals surface area contributed by atoms with Crippen molar-refractivity contribution in [2.45, 2.75) is 6.42 Å². The Balaban J connectivity index is 1.76. The smallest absolute Gasteiger partial charge is 0.256 e. The predicted molar refractivity (Wildman–Crippen MR) is 120 cm³/mol. The molecule has 6 nitrogen and oxygen atoms in total. The lowest BCUT2D eigenvalue weighted by Crippen LogP contribution is -2.15. The van der Waals surface area contributed by atoms with Gasteiger partial charge in [0.1, 0.15) is 11.5 Å². The largest absolute Gasteiger partial charge is 0.493 e. The number of aromatic nitrogens is 2. The lowest BCUT2D eigenvalue weighted by atomic mass is 10.0. The van der Waals surface area contributed by atoms with Crippen molar-refractivity contribution in [2.24, 2.45) is 0 Å². The molecule has 0 saturated carbocycles. The Kier molecular flexibility index (Phi) is 5.54. The zero-order chi connectivity index (χ0) is 21.1. The Labute approximate surface area is 178 Å². The summed E-state index contributed by atoms with van der Waals surface area (Å²) in [5.41, 5.74) is 2.95. The van der Waals surface area contributed by atoms with Gasteiger partial charge in [0, 0.05) is 28.3 Å². The number of hydrogen-bond acceptors (Lipinski definition) is 5. The average Bonchev–Trinajstić information content (AvgIpc) is 3.36. The molecule has 0 aliphatic rings. The van der Waals surface area contributed by atoms with Crippen LogP contribution in [0.2, 0.25) is 0 Å². The minimum atomic E-state index is -0.258. The van der Waals surface area contributed by atoms with E-state index in [0.717, 1.165) is 21.8 Å². The Morgan fingerprint density at radius 3 is 2.73 bits per heavy atom. The van der Waals surface area contributed by atoms with Gasteiger partial charge in [-0.25, -0.2) is 4.98 Å². The van der Waals surface area contributed by atoms with Crippen LogP contribution in [0.3, 0.4) is 0 Å². The molecule has 0 aliphatic heterocycles. The van der Waals surface area contributed by atoms with E-state index in [1.165, 1.54) is 11.3 Å². The molecule has 2 aromatic carbocycles. The molecular formula is C23H21N3O3S. The van der Waals surface area contributed by atoms with Gasteiger partial charge in [-0.2, -0.15) is 0 Å². The summed E-state index contributed by atoms with van der Waals surface area (Å²) in [6.45, 7) is 3.79. The molecule has 4 aromatic rings. The number of rotatable bonds is 7. The highest BCUT2D eigenvalue weighted by molar-refractivity contribution is 7.15. The molecule has 4 rings (SSSR count). The molecule has 0 fully saturated rings. The second-order valence-electron chi connectivity index (χ2n) is 6.55. The standard InChI is InChI=1S/C23H21N3O3S/c1-4-8-16-13-17(14-18(28-2)20(16)29-3)22(27)25-21-19(15-9-6-5-7-10-15)24-23-26(21)11-12-30-23/h4-7,9-14H,1,8H2,2-3H3,(H,25,27). The topological polar surface area (TPSA) is 64.9 Å². The number of benzene rings is 2. The van der Waals surface area contributed by atoms with Gasteiger partial charge in [0.2, 0.25) is 0 Å². The molecule has 0 radical (unpaired) electrons. The summed E-state index contributed by atoms with van der Waals surface area (Å²) in [4.78, 5) is 18.7. The molecule has 0 unspecified atom stereocenters. The molecule has 1 amide bonds. The fraction of sp³-hybridized carbons (Fsp3) is 0.130. The van der Waals surface area contributed by atoms with Gasteiger partial charge in [0.15, 0.2) is 16.5 Å². The molecule has 152 valence electrons. The maximum absolute atomic E-state index is 13.2. The van der Waals surface area contributed by atoms with Crippen LogP contribution in [0.5, 0.6) is 11.5 Å². The number of carbonyl (C=O) groups is 1. The molecule has 0 atom stereocenters. The molecular weight excluding hydrogens is 398 g/mol. The molecule has 0 spiro atoms. The van der Waals surface area contributed by atoms with Gasteiger partial charge in [-0.05, 0) is 18.6 Å². The maximum Gasteiger partial charge on any atom is 0.256 e. The maximum atomic E-state index is 13.2. The molecule has 2 aromatic heterocycles. The average molecular weight is 420 g/mol. The number of ether oxygens (including phenoxy) is 2. The fourth-order valence-electron chi connectivity index (χ4n) is 3.36. The van der Waals surface area contributed by atoms with Crippen molar-refractivity contribution in [1.82, 2.24) is 9.38 Å². The highest BCUT2D eigenvalue weighted by Crippen LogP contribution is 2.35. The van der Waals surface area contributed by atoms with Crippen molar-refractivity contribution in [3.8, 4) is 22.8 Å². The molecule has 2 heterocycles. The number of hydrogen-bond donors (Lipinski definition) is 1. The van der Waals surface area contributed by atoms with Gasteiger partial charge in [-0.15, -0.1) is 17.9 Å². The van der Waals surface area contributed by atoms with Crippen LogP contribution in [0.15, 0.2) is 66.7 Å². The van der Waals surface area contributed by atoms with Gasteiger partial charge in [0.25, 0.3) is 5.91 Å². The molecule has 30 heavy (non-hydrogen) atoms. The monoisotopic (exact) mass is 419 g/mol. The molecule has 0 saturated heterocycles.